The highest BCUT2D eigenvalue weighted by molar-refractivity contribution is 7.99. The van der Waals surface area contributed by atoms with E-state index in [2.05, 4.69) is 35.4 Å². The number of benzene rings is 1. The molecule has 2 N–H and O–H groups in total. The van der Waals surface area contributed by atoms with Crippen LogP contribution in [0, 0.1) is 0 Å². The number of aromatic nitrogens is 2. The average molecular weight is 261 g/mol. The van der Waals surface area contributed by atoms with Crippen molar-refractivity contribution in [3.63, 3.8) is 0 Å². The van der Waals surface area contributed by atoms with Gasteiger partial charge in [0, 0.05) is 25.0 Å². The van der Waals surface area contributed by atoms with Gasteiger partial charge in [0.15, 0.2) is 0 Å². The third-order valence-corrected chi connectivity index (χ3v) is 4.32. The lowest BCUT2D eigenvalue weighted by atomic mass is 10.1. The Labute approximate surface area is 112 Å². The zero-order valence-electron chi connectivity index (χ0n) is 10.8. The van der Waals surface area contributed by atoms with Gasteiger partial charge in [-0.1, -0.05) is 30.3 Å². The van der Waals surface area contributed by atoms with Gasteiger partial charge in [0.05, 0.1) is 10.9 Å². The molecule has 0 saturated carbocycles. The van der Waals surface area contributed by atoms with Crippen molar-refractivity contribution in [2.24, 2.45) is 12.8 Å². The lowest BCUT2D eigenvalue weighted by molar-refractivity contribution is 0.719. The van der Waals surface area contributed by atoms with E-state index in [0.29, 0.717) is 5.25 Å². The van der Waals surface area contributed by atoms with Crippen LogP contribution in [0.3, 0.4) is 0 Å². The molecule has 0 fully saturated rings. The maximum atomic E-state index is 5.87. The molecule has 1 heterocycles. The summed E-state index contributed by atoms with van der Waals surface area (Å²) < 4.78 is 1.94. The largest absolute Gasteiger partial charge is 0.327 e. The Kier molecular flexibility index (Phi) is 4.44. The van der Waals surface area contributed by atoms with E-state index in [1.165, 1.54) is 11.3 Å². The van der Waals surface area contributed by atoms with Crippen molar-refractivity contribution < 1.29 is 0 Å². The van der Waals surface area contributed by atoms with Crippen LogP contribution in [0.25, 0.3) is 0 Å². The molecule has 2 aromatic rings. The predicted octanol–water partition coefficient (Wildman–Crippen LogP) is 2.59. The normalized spacial score (nSPS) is 14.4. The fourth-order valence-electron chi connectivity index (χ4n) is 1.87. The summed E-state index contributed by atoms with van der Waals surface area (Å²) in [6.45, 7) is 2.04. The van der Waals surface area contributed by atoms with Crippen LogP contribution in [0.4, 0.5) is 0 Å². The van der Waals surface area contributed by atoms with Crippen LogP contribution in [-0.4, -0.2) is 21.6 Å². The van der Waals surface area contributed by atoms with E-state index in [-0.39, 0.29) is 6.04 Å². The molecule has 96 valence electrons. The predicted molar refractivity (Wildman–Crippen MR) is 77.6 cm³/mol. The topological polar surface area (TPSA) is 43.8 Å². The third kappa shape index (κ3) is 3.15. The van der Waals surface area contributed by atoms with Crippen LogP contribution in [0.5, 0.6) is 0 Å². The molecule has 2 rings (SSSR count). The maximum Gasteiger partial charge on any atom is 0.0716 e. The van der Waals surface area contributed by atoms with Crippen molar-refractivity contribution in [1.82, 2.24) is 9.78 Å². The van der Waals surface area contributed by atoms with Crippen LogP contribution in [0.1, 0.15) is 23.4 Å². The Morgan fingerprint density at radius 2 is 2.00 bits per heavy atom. The first-order valence-corrected chi connectivity index (χ1v) is 7.13. The standard InChI is InChI=1S/C14H19N3S/c1-11(15)10-18-14(12-6-4-3-5-7-12)13-8-9-16-17(13)2/h3-9,11,14H,10,15H2,1-2H3. The first-order chi connectivity index (χ1) is 8.68. The minimum atomic E-state index is 0.203. The van der Waals surface area contributed by atoms with Gasteiger partial charge in [0.2, 0.25) is 0 Å². The summed E-state index contributed by atoms with van der Waals surface area (Å²) >= 11 is 1.87. The van der Waals surface area contributed by atoms with Gasteiger partial charge in [-0.05, 0) is 18.6 Å². The summed E-state index contributed by atoms with van der Waals surface area (Å²) in [6, 6.07) is 12.8. The zero-order valence-corrected chi connectivity index (χ0v) is 11.6. The Balaban J connectivity index is 2.26. The van der Waals surface area contributed by atoms with E-state index in [1.54, 1.807) is 0 Å². The molecule has 0 bridgehead atoms. The second-order valence-electron chi connectivity index (χ2n) is 4.48. The minimum absolute atomic E-state index is 0.203. The molecule has 3 nitrogen and oxygen atoms in total. The van der Waals surface area contributed by atoms with Crippen molar-refractivity contribution in [2.45, 2.75) is 18.2 Å². The number of rotatable bonds is 5. The summed E-state index contributed by atoms with van der Waals surface area (Å²) in [7, 11) is 1.98. The minimum Gasteiger partial charge on any atom is -0.327 e. The highest BCUT2D eigenvalue weighted by Gasteiger charge is 2.18. The van der Waals surface area contributed by atoms with Gasteiger partial charge < -0.3 is 5.73 Å². The smallest absolute Gasteiger partial charge is 0.0716 e. The van der Waals surface area contributed by atoms with Crippen molar-refractivity contribution >= 4 is 11.8 Å². The SMILES string of the molecule is CC(N)CSC(c1ccccc1)c1ccnn1C. The average Bonchev–Trinajstić information content (AvgIpc) is 2.77. The van der Waals surface area contributed by atoms with E-state index in [9.17, 15) is 0 Å². The van der Waals surface area contributed by atoms with Gasteiger partial charge in [0.25, 0.3) is 0 Å². The van der Waals surface area contributed by atoms with E-state index >= 15 is 0 Å². The van der Waals surface area contributed by atoms with E-state index in [0.717, 1.165) is 5.75 Å². The van der Waals surface area contributed by atoms with Gasteiger partial charge in [-0.15, -0.1) is 11.8 Å². The molecule has 4 heteroatoms. The van der Waals surface area contributed by atoms with E-state index < -0.39 is 0 Å². The molecule has 0 aliphatic heterocycles. The van der Waals surface area contributed by atoms with Gasteiger partial charge in [-0.3, -0.25) is 4.68 Å². The molecule has 1 aromatic heterocycles. The molecular weight excluding hydrogens is 242 g/mol. The third-order valence-electron chi connectivity index (χ3n) is 2.76. The Hall–Kier alpha value is -1.26. The second-order valence-corrected chi connectivity index (χ2v) is 5.62. The van der Waals surface area contributed by atoms with Crippen molar-refractivity contribution in [2.75, 3.05) is 5.75 Å². The van der Waals surface area contributed by atoms with Crippen molar-refractivity contribution in [3.05, 3.63) is 53.9 Å². The number of aryl methyl sites for hydroxylation is 1. The quantitative estimate of drug-likeness (QED) is 0.899. The highest BCUT2D eigenvalue weighted by atomic mass is 32.2. The van der Waals surface area contributed by atoms with Gasteiger partial charge in [-0.25, -0.2) is 0 Å². The van der Waals surface area contributed by atoms with Gasteiger partial charge in [0.1, 0.15) is 0 Å². The fourth-order valence-corrected chi connectivity index (χ4v) is 3.12. The summed E-state index contributed by atoms with van der Waals surface area (Å²) in [5, 5.41) is 4.56. The molecule has 1 aromatic carbocycles. The van der Waals surface area contributed by atoms with Crippen LogP contribution in [0.15, 0.2) is 42.6 Å². The molecule has 0 amide bonds. The van der Waals surface area contributed by atoms with Crippen molar-refractivity contribution in [3.8, 4) is 0 Å². The lowest BCUT2D eigenvalue weighted by Crippen LogP contribution is -2.19. The Morgan fingerprint density at radius 1 is 1.28 bits per heavy atom. The zero-order chi connectivity index (χ0) is 13.0. The number of nitrogens with zero attached hydrogens (tertiary/aromatic N) is 2. The number of nitrogens with two attached hydrogens (primary N) is 1. The Bertz CT molecular complexity index is 479. The number of thioether (sulfide) groups is 1. The first-order valence-electron chi connectivity index (χ1n) is 6.08. The van der Waals surface area contributed by atoms with Crippen LogP contribution in [-0.2, 0) is 7.05 Å². The van der Waals surface area contributed by atoms with E-state index in [1.807, 2.05) is 42.7 Å². The van der Waals surface area contributed by atoms with E-state index in [4.69, 9.17) is 5.73 Å². The highest BCUT2D eigenvalue weighted by Crippen LogP contribution is 2.35. The molecule has 0 aliphatic carbocycles. The number of hydrogen-bond acceptors (Lipinski definition) is 3. The molecule has 0 spiro atoms. The molecule has 0 radical (unpaired) electrons. The monoisotopic (exact) mass is 261 g/mol. The molecular formula is C14H19N3S. The summed E-state index contributed by atoms with van der Waals surface area (Å²) in [6.07, 6.45) is 1.84. The molecule has 2 unspecified atom stereocenters. The molecule has 2 atom stereocenters. The van der Waals surface area contributed by atoms with Gasteiger partial charge >= 0.3 is 0 Å². The lowest BCUT2D eigenvalue weighted by Gasteiger charge is -2.18. The Morgan fingerprint density at radius 3 is 2.56 bits per heavy atom. The first kappa shape index (κ1) is 13.2. The molecule has 0 aliphatic rings. The van der Waals surface area contributed by atoms with Crippen LogP contribution >= 0.6 is 11.8 Å². The summed E-state index contributed by atoms with van der Waals surface area (Å²) in [5.74, 6) is 0.935. The fraction of sp³-hybridized carbons (Fsp3) is 0.357. The molecule has 0 saturated heterocycles. The van der Waals surface area contributed by atoms with Crippen LogP contribution in [0.2, 0.25) is 0 Å². The number of hydrogen-bond donors (Lipinski definition) is 1. The van der Waals surface area contributed by atoms with Gasteiger partial charge in [-0.2, -0.15) is 5.10 Å². The maximum absolute atomic E-state index is 5.87. The summed E-state index contributed by atoms with van der Waals surface area (Å²) in [4.78, 5) is 0. The molecule has 18 heavy (non-hydrogen) atoms. The summed E-state index contributed by atoms with van der Waals surface area (Å²) in [5.41, 5.74) is 8.38. The van der Waals surface area contributed by atoms with Crippen molar-refractivity contribution in [1.29, 1.82) is 0 Å². The van der Waals surface area contributed by atoms with Crippen LogP contribution < -0.4 is 5.73 Å². The second kappa shape index (κ2) is 6.07.